The van der Waals surface area contributed by atoms with E-state index in [9.17, 15) is 14.4 Å². The molecule has 2 heterocycles. The molecular weight excluding hydrogens is 372 g/mol. The van der Waals surface area contributed by atoms with Gasteiger partial charge >= 0.3 is 6.09 Å². The first-order valence-electron chi connectivity index (χ1n) is 9.53. The summed E-state index contributed by atoms with van der Waals surface area (Å²) in [6.45, 7) is 5.60. The van der Waals surface area contributed by atoms with E-state index < -0.39 is 0 Å². The first-order valence-corrected chi connectivity index (χ1v) is 9.53. The molecule has 0 saturated carbocycles. The number of amides is 3. The number of ether oxygens (including phenoxy) is 1. The van der Waals surface area contributed by atoms with E-state index in [1.54, 1.807) is 28.9 Å². The summed E-state index contributed by atoms with van der Waals surface area (Å²) in [5.41, 5.74) is 2.28. The SMILES string of the molecule is CCOC(=O)N1CCN(C(=O)c2cc(C(=O)Nc3cccc(C)c3)ccn2)CC1. The van der Waals surface area contributed by atoms with Gasteiger partial charge in [0.05, 0.1) is 6.61 Å². The van der Waals surface area contributed by atoms with Crippen molar-refractivity contribution in [2.75, 3.05) is 38.1 Å². The summed E-state index contributed by atoms with van der Waals surface area (Å²) in [6, 6.07) is 10.5. The lowest BCUT2D eigenvalue weighted by Crippen LogP contribution is -2.50. The number of anilines is 1. The van der Waals surface area contributed by atoms with Crippen LogP contribution in [0.15, 0.2) is 42.6 Å². The van der Waals surface area contributed by atoms with Crippen molar-refractivity contribution in [3.63, 3.8) is 0 Å². The van der Waals surface area contributed by atoms with E-state index in [-0.39, 0.29) is 23.6 Å². The zero-order chi connectivity index (χ0) is 20.8. The van der Waals surface area contributed by atoms with E-state index in [0.29, 0.717) is 44.0 Å². The number of nitrogens with zero attached hydrogens (tertiary/aromatic N) is 3. The monoisotopic (exact) mass is 396 g/mol. The van der Waals surface area contributed by atoms with Crippen molar-refractivity contribution in [2.45, 2.75) is 13.8 Å². The number of nitrogens with one attached hydrogen (secondary N) is 1. The molecule has 1 aromatic carbocycles. The molecule has 1 aromatic heterocycles. The number of hydrogen-bond acceptors (Lipinski definition) is 5. The third kappa shape index (κ3) is 5.10. The molecule has 1 fully saturated rings. The molecule has 152 valence electrons. The van der Waals surface area contributed by atoms with Crippen LogP contribution >= 0.6 is 0 Å². The normalized spacial score (nSPS) is 13.7. The van der Waals surface area contributed by atoms with Gasteiger partial charge in [0, 0.05) is 43.6 Å². The van der Waals surface area contributed by atoms with E-state index in [4.69, 9.17) is 4.74 Å². The summed E-state index contributed by atoms with van der Waals surface area (Å²) < 4.78 is 4.99. The third-order valence-electron chi connectivity index (χ3n) is 4.61. The molecular formula is C21H24N4O4. The van der Waals surface area contributed by atoms with Crippen LogP contribution in [0.3, 0.4) is 0 Å². The van der Waals surface area contributed by atoms with Crippen LogP contribution in [0.5, 0.6) is 0 Å². The van der Waals surface area contributed by atoms with Gasteiger partial charge in [0.2, 0.25) is 0 Å². The molecule has 3 rings (SSSR count). The minimum absolute atomic E-state index is 0.200. The Bertz CT molecular complexity index is 907. The summed E-state index contributed by atoms with van der Waals surface area (Å²) in [4.78, 5) is 44.4. The van der Waals surface area contributed by atoms with Gasteiger partial charge in [-0.2, -0.15) is 0 Å². The molecule has 1 N–H and O–H groups in total. The molecule has 3 amide bonds. The first kappa shape index (κ1) is 20.3. The molecule has 1 aliphatic rings. The molecule has 8 nitrogen and oxygen atoms in total. The van der Waals surface area contributed by atoms with E-state index in [1.165, 1.54) is 12.3 Å². The van der Waals surface area contributed by atoms with Crippen LogP contribution in [0.25, 0.3) is 0 Å². The summed E-state index contributed by atoms with van der Waals surface area (Å²) >= 11 is 0. The zero-order valence-corrected chi connectivity index (χ0v) is 16.6. The first-order chi connectivity index (χ1) is 14.0. The molecule has 1 saturated heterocycles. The Morgan fingerprint density at radius 1 is 1.07 bits per heavy atom. The van der Waals surface area contributed by atoms with Crippen LogP contribution in [-0.2, 0) is 4.74 Å². The summed E-state index contributed by atoms with van der Waals surface area (Å²) in [7, 11) is 0. The van der Waals surface area contributed by atoms with Crippen molar-refractivity contribution in [1.29, 1.82) is 0 Å². The number of carbonyl (C=O) groups excluding carboxylic acids is 3. The molecule has 1 aliphatic heterocycles. The Labute approximate surface area is 169 Å². The predicted molar refractivity (Wildman–Crippen MR) is 108 cm³/mol. The van der Waals surface area contributed by atoms with Gasteiger partial charge in [-0.25, -0.2) is 4.79 Å². The largest absolute Gasteiger partial charge is 0.450 e. The number of aryl methyl sites for hydroxylation is 1. The smallest absolute Gasteiger partial charge is 0.409 e. The van der Waals surface area contributed by atoms with Gasteiger partial charge in [0.25, 0.3) is 11.8 Å². The van der Waals surface area contributed by atoms with Crippen molar-refractivity contribution in [2.24, 2.45) is 0 Å². The van der Waals surface area contributed by atoms with Gasteiger partial charge in [-0.05, 0) is 43.7 Å². The second-order valence-electron chi connectivity index (χ2n) is 6.73. The van der Waals surface area contributed by atoms with E-state index >= 15 is 0 Å². The van der Waals surface area contributed by atoms with Gasteiger partial charge in [-0.1, -0.05) is 12.1 Å². The van der Waals surface area contributed by atoms with Gasteiger partial charge < -0.3 is 19.9 Å². The highest BCUT2D eigenvalue weighted by molar-refractivity contribution is 6.05. The van der Waals surface area contributed by atoms with Crippen molar-refractivity contribution in [3.8, 4) is 0 Å². The number of pyridine rings is 1. The lowest BCUT2D eigenvalue weighted by Gasteiger charge is -2.33. The number of hydrogen-bond donors (Lipinski definition) is 1. The van der Waals surface area contributed by atoms with Gasteiger partial charge in [0.15, 0.2) is 0 Å². The topological polar surface area (TPSA) is 91.8 Å². The predicted octanol–water partition coefficient (Wildman–Crippen LogP) is 2.56. The quantitative estimate of drug-likeness (QED) is 0.858. The Balaban J connectivity index is 1.64. The van der Waals surface area contributed by atoms with Gasteiger partial charge in [-0.3, -0.25) is 14.6 Å². The highest BCUT2D eigenvalue weighted by Gasteiger charge is 2.26. The second-order valence-corrected chi connectivity index (χ2v) is 6.73. The Hall–Kier alpha value is -3.42. The summed E-state index contributed by atoms with van der Waals surface area (Å²) in [6.07, 6.45) is 1.08. The number of rotatable bonds is 4. The second kappa shape index (κ2) is 9.18. The minimum Gasteiger partial charge on any atom is -0.450 e. The Kier molecular flexibility index (Phi) is 6.43. The van der Waals surface area contributed by atoms with Gasteiger partial charge in [0.1, 0.15) is 5.69 Å². The lowest BCUT2D eigenvalue weighted by atomic mass is 10.1. The molecule has 29 heavy (non-hydrogen) atoms. The van der Waals surface area contributed by atoms with Crippen molar-refractivity contribution < 1.29 is 19.1 Å². The molecule has 0 aliphatic carbocycles. The lowest BCUT2D eigenvalue weighted by molar-refractivity contribution is 0.0566. The maximum atomic E-state index is 12.8. The van der Waals surface area contributed by atoms with Crippen LogP contribution < -0.4 is 5.32 Å². The molecule has 0 radical (unpaired) electrons. The maximum absolute atomic E-state index is 12.8. The van der Waals surface area contributed by atoms with E-state index in [1.807, 2.05) is 25.1 Å². The number of aromatic nitrogens is 1. The highest BCUT2D eigenvalue weighted by Crippen LogP contribution is 2.13. The Morgan fingerprint density at radius 2 is 1.79 bits per heavy atom. The van der Waals surface area contributed by atoms with Crippen LogP contribution in [0, 0.1) is 6.92 Å². The molecule has 0 spiro atoms. The van der Waals surface area contributed by atoms with Crippen molar-refractivity contribution in [3.05, 3.63) is 59.4 Å². The average Bonchev–Trinajstić information content (AvgIpc) is 2.73. The average molecular weight is 396 g/mol. The van der Waals surface area contributed by atoms with Crippen LogP contribution in [0.4, 0.5) is 10.5 Å². The van der Waals surface area contributed by atoms with Crippen molar-refractivity contribution in [1.82, 2.24) is 14.8 Å². The molecule has 8 heteroatoms. The summed E-state index contributed by atoms with van der Waals surface area (Å²) in [5.74, 6) is -0.571. The Morgan fingerprint density at radius 3 is 2.48 bits per heavy atom. The van der Waals surface area contributed by atoms with Crippen LogP contribution in [-0.4, -0.2) is 65.5 Å². The van der Waals surface area contributed by atoms with E-state index in [0.717, 1.165) is 5.56 Å². The summed E-state index contributed by atoms with van der Waals surface area (Å²) in [5, 5.41) is 2.83. The fourth-order valence-corrected chi connectivity index (χ4v) is 3.08. The standard InChI is InChI=1S/C21H24N4O4/c1-3-29-21(28)25-11-9-24(10-12-25)20(27)18-14-16(7-8-22-18)19(26)23-17-6-4-5-15(2)13-17/h4-8,13-14H,3,9-12H2,1-2H3,(H,23,26). The molecule has 0 atom stereocenters. The number of benzene rings is 1. The maximum Gasteiger partial charge on any atom is 0.409 e. The fourth-order valence-electron chi connectivity index (χ4n) is 3.08. The van der Waals surface area contributed by atoms with E-state index in [2.05, 4.69) is 10.3 Å². The van der Waals surface area contributed by atoms with Crippen molar-refractivity contribution >= 4 is 23.6 Å². The van der Waals surface area contributed by atoms with Gasteiger partial charge in [-0.15, -0.1) is 0 Å². The fraction of sp³-hybridized carbons (Fsp3) is 0.333. The van der Waals surface area contributed by atoms with Crippen LogP contribution in [0.1, 0.15) is 33.3 Å². The number of piperazine rings is 1. The third-order valence-corrected chi connectivity index (χ3v) is 4.61. The molecule has 0 unspecified atom stereocenters. The zero-order valence-electron chi connectivity index (χ0n) is 16.6. The highest BCUT2D eigenvalue weighted by atomic mass is 16.6. The molecule has 2 aromatic rings. The number of carbonyl (C=O) groups is 3. The molecule has 0 bridgehead atoms. The minimum atomic E-state index is -0.368. The van der Waals surface area contributed by atoms with Crippen LogP contribution in [0.2, 0.25) is 0 Å².